The van der Waals surface area contributed by atoms with Crippen molar-refractivity contribution in [3.8, 4) is 11.5 Å². The van der Waals surface area contributed by atoms with Gasteiger partial charge in [0, 0.05) is 17.3 Å². The van der Waals surface area contributed by atoms with Gasteiger partial charge in [0.1, 0.15) is 0 Å². The van der Waals surface area contributed by atoms with Crippen molar-refractivity contribution in [2.45, 2.75) is 37.0 Å². The Balaban J connectivity index is 2.06. The highest BCUT2D eigenvalue weighted by atomic mass is 32.2. The Bertz CT molecular complexity index is 446. The van der Waals surface area contributed by atoms with E-state index in [9.17, 15) is 0 Å². The molecular weight excluding hydrogens is 270 g/mol. The second-order valence-electron chi connectivity index (χ2n) is 5.34. The highest BCUT2D eigenvalue weighted by Crippen LogP contribution is 2.46. The zero-order chi connectivity index (χ0) is 14.6. The van der Waals surface area contributed by atoms with Gasteiger partial charge in [-0.1, -0.05) is 13.0 Å². The third-order valence-corrected chi connectivity index (χ3v) is 5.55. The maximum absolute atomic E-state index is 5.39. The van der Waals surface area contributed by atoms with Crippen LogP contribution < -0.4 is 14.8 Å². The average molecular weight is 295 g/mol. The molecule has 20 heavy (non-hydrogen) atoms. The summed E-state index contributed by atoms with van der Waals surface area (Å²) in [6.45, 7) is 3.30. The Morgan fingerprint density at radius 1 is 1.25 bits per heavy atom. The first kappa shape index (κ1) is 15.5. The molecule has 0 aromatic heterocycles. The molecule has 2 rings (SSSR count). The lowest BCUT2D eigenvalue weighted by Gasteiger charge is -2.22. The molecule has 1 unspecified atom stereocenters. The van der Waals surface area contributed by atoms with Crippen molar-refractivity contribution in [3.63, 3.8) is 0 Å². The van der Waals surface area contributed by atoms with Crippen LogP contribution in [0.4, 0.5) is 0 Å². The predicted octanol–water partition coefficient (Wildman–Crippen LogP) is 3.64. The van der Waals surface area contributed by atoms with E-state index in [-0.39, 0.29) is 0 Å². The first-order valence-corrected chi connectivity index (χ1v) is 8.41. The molecule has 0 spiro atoms. The molecule has 1 N–H and O–H groups in total. The second kappa shape index (κ2) is 6.72. The summed E-state index contributed by atoms with van der Waals surface area (Å²) in [7, 11) is 3.35. The van der Waals surface area contributed by atoms with Crippen LogP contribution in [0.5, 0.6) is 11.5 Å². The molecule has 112 valence electrons. The Morgan fingerprint density at radius 2 is 1.95 bits per heavy atom. The van der Waals surface area contributed by atoms with Gasteiger partial charge < -0.3 is 14.8 Å². The van der Waals surface area contributed by atoms with Crippen LogP contribution in [0.1, 0.15) is 37.8 Å². The molecule has 1 aliphatic rings. The minimum atomic E-state index is 0.374. The van der Waals surface area contributed by atoms with E-state index in [1.54, 1.807) is 14.2 Å². The summed E-state index contributed by atoms with van der Waals surface area (Å²) in [5.74, 6) is 1.59. The molecule has 0 aliphatic heterocycles. The first-order valence-electron chi connectivity index (χ1n) is 7.18. The third-order valence-electron chi connectivity index (χ3n) is 4.13. The molecule has 3 nitrogen and oxygen atoms in total. The number of benzene rings is 1. The lowest BCUT2D eigenvalue weighted by molar-refractivity contribution is 0.353. The van der Waals surface area contributed by atoms with Crippen molar-refractivity contribution < 1.29 is 9.47 Å². The summed E-state index contributed by atoms with van der Waals surface area (Å²) in [5, 5.41) is 3.71. The van der Waals surface area contributed by atoms with Gasteiger partial charge in [0.2, 0.25) is 0 Å². The lowest BCUT2D eigenvalue weighted by atomic mass is 10.0. The van der Waals surface area contributed by atoms with Gasteiger partial charge in [0.25, 0.3) is 0 Å². The predicted molar refractivity (Wildman–Crippen MR) is 86.1 cm³/mol. The molecule has 0 amide bonds. The molecule has 0 bridgehead atoms. The molecule has 1 aromatic carbocycles. The number of ether oxygens (including phenoxy) is 2. The van der Waals surface area contributed by atoms with Crippen molar-refractivity contribution in [3.05, 3.63) is 23.8 Å². The van der Waals surface area contributed by atoms with Crippen LogP contribution in [-0.2, 0) is 0 Å². The summed E-state index contributed by atoms with van der Waals surface area (Å²) in [6.07, 6.45) is 5.96. The zero-order valence-corrected chi connectivity index (χ0v) is 13.7. The maximum Gasteiger partial charge on any atom is 0.161 e. The molecule has 1 aromatic rings. The van der Waals surface area contributed by atoms with Crippen molar-refractivity contribution in [2.75, 3.05) is 27.0 Å². The molecular formula is C16H25NO2S. The van der Waals surface area contributed by atoms with Gasteiger partial charge in [0.15, 0.2) is 11.5 Å². The molecule has 0 radical (unpaired) electrons. The van der Waals surface area contributed by atoms with Crippen LogP contribution in [-0.4, -0.2) is 31.8 Å². The highest BCUT2D eigenvalue weighted by Gasteiger charge is 2.41. The minimum Gasteiger partial charge on any atom is -0.493 e. The smallest absolute Gasteiger partial charge is 0.161 e. The third kappa shape index (κ3) is 3.41. The van der Waals surface area contributed by atoms with Gasteiger partial charge in [-0.2, -0.15) is 11.8 Å². The van der Waals surface area contributed by atoms with Crippen LogP contribution in [0.25, 0.3) is 0 Å². The van der Waals surface area contributed by atoms with Crippen LogP contribution in [0.2, 0.25) is 0 Å². The van der Waals surface area contributed by atoms with E-state index >= 15 is 0 Å². The van der Waals surface area contributed by atoms with Crippen molar-refractivity contribution in [1.82, 2.24) is 5.32 Å². The summed E-state index contributed by atoms with van der Waals surface area (Å²) in [5.41, 5.74) is 1.27. The number of methoxy groups -OCH3 is 2. The monoisotopic (exact) mass is 295 g/mol. The Morgan fingerprint density at radius 3 is 2.45 bits per heavy atom. The van der Waals surface area contributed by atoms with Gasteiger partial charge in [-0.3, -0.25) is 0 Å². The summed E-state index contributed by atoms with van der Waals surface area (Å²) >= 11 is 1.99. The van der Waals surface area contributed by atoms with Gasteiger partial charge in [0.05, 0.1) is 14.2 Å². The van der Waals surface area contributed by atoms with Gasteiger partial charge >= 0.3 is 0 Å². The summed E-state index contributed by atoms with van der Waals surface area (Å²) < 4.78 is 11.2. The van der Waals surface area contributed by atoms with E-state index in [1.807, 2.05) is 17.8 Å². The minimum absolute atomic E-state index is 0.374. The number of hydrogen-bond donors (Lipinski definition) is 1. The van der Waals surface area contributed by atoms with Crippen molar-refractivity contribution >= 4 is 11.8 Å². The molecule has 1 saturated carbocycles. The van der Waals surface area contributed by atoms with E-state index in [4.69, 9.17) is 9.47 Å². The van der Waals surface area contributed by atoms with E-state index in [2.05, 4.69) is 30.6 Å². The van der Waals surface area contributed by atoms with E-state index in [1.165, 1.54) is 18.4 Å². The average Bonchev–Trinajstić information content (AvgIpc) is 3.28. The number of nitrogens with one attached hydrogen (secondary N) is 1. The van der Waals surface area contributed by atoms with Gasteiger partial charge in [-0.15, -0.1) is 0 Å². The topological polar surface area (TPSA) is 30.5 Å². The first-order chi connectivity index (χ1) is 9.68. The van der Waals surface area contributed by atoms with Gasteiger partial charge in [-0.25, -0.2) is 0 Å². The normalized spacial score (nSPS) is 17.6. The Hall–Kier alpha value is -0.870. The molecule has 0 saturated heterocycles. The molecule has 1 aliphatic carbocycles. The summed E-state index contributed by atoms with van der Waals surface area (Å²) in [4.78, 5) is 0. The lowest BCUT2D eigenvalue weighted by Crippen LogP contribution is -2.29. The molecule has 1 fully saturated rings. The molecule has 4 heteroatoms. The van der Waals surface area contributed by atoms with Crippen LogP contribution >= 0.6 is 11.8 Å². The Labute approximate surface area is 126 Å². The van der Waals surface area contributed by atoms with Crippen molar-refractivity contribution in [2.24, 2.45) is 0 Å². The number of hydrogen-bond acceptors (Lipinski definition) is 4. The van der Waals surface area contributed by atoms with Crippen LogP contribution in [0.3, 0.4) is 0 Å². The number of rotatable bonds is 8. The van der Waals surface area contributed by atoms with E-state index < -0.39 is 0 Å². The SMILES string of the molecule is CCC(NCC1(SC)CC1)c1ccc(OC)c(OC)c1. The number of thioether (sulfide) groups is 1. The van der Waals surface area contributed by atoms with Crippen molar-refractivity contribution in [1.29, 1.82) is 0 Å². The summed E-state index contributed by atoms with van der Waals surface area (Å²) in [6, 6.07) is 6.57. The fourth-order valence-corrected chi connectivity index (χ4v) is 3.21. The van der Waals surface area contributed by atoms with Crippen LogP contribution in [0, 0.1) is 0 Å². The fraction of sp³-hybridized carbons (Fsp3) is 0.625. The fourth-order valence-electron chi connectivity index (χ4n) is 2.47. The maximum atomic E-state index is 5.39. The molecule has 0 heterocycles. The largest absolute Gasteiger partial charge is 0.493 e. The van der Waals surface area contributed by atoms with E-state index in [0.29, 0.717) is 10.8 Å². The van der Waals surface area contributed by atoms with Gasteiger partial charge in [-0.05, 0) is 43.2 Å². The Kier molecular flexibility index (Phi) is 5.22. The zero-order valence-electron chi connectivity index (χ0n) is 12.9. The second-order valence-corrected chi connectivity index (χ2v) is 6.62. The standard InChI is InChI=1S/C16H25NO2S/c1-5-13(17-11-16(20-4)8-9-16)12-6-7-14(18-2)15(10-12)19-3/h6-7,10,13,17H,5,8-9,11H2,1-4H3. The quantitative estimate of drug-likeness (QED) is 0.793. The van der Waals surface area contributed by atoms with E-state index in [0.717, 1.165) is 24.5 Å². The van der Waals surface area contributed by atoms with Crippen LogP contribution in [0.15, 0.2) is 18.2 Å². The molecule has 1 atom stereocenters. The highest BCUT2D eigenvalue weighted by molar-refractivity contribution is 8.00.